The highest BCUT2D eigenvalue weighted by Crippen LogP contribution is 2.32. The van der Waals surface area contributed by atoms with Crippen LogP contribution in [0.25, 0.3) is 10.1 Å². The van der Waals surface area contributed by atoms with Gasteiger partial charge in [0.05, 0.1) is 4.90 Å². The van der Waals surface area contributed by atoms with Crippen LogP contribution >= 0.6 is 22.0 Å². The van der Waals surface area contributed by atoms with Crippen LogP contribution in [0, 0.1) is 13.8 Å². The molecule has 0 aliphatic rings. The van der Waals surface area contributed by atoms with Crippen LogP contribution in [-0.2, 0) is 9.05 Å². The summed E-state index contributed by atoms with van der Waals surface area (Å²) in [5, 5.41) is 1.10. The fourth-order valence-corrected chi connectivity index (χ4v) is 3.44. The smallest absolute Gasteiger partial charge is 0.207 e. The number of hydrogen-bond donors (Lipinski definition) is 0. The SMILES string of the molecule is Cc1sc2cc(S(=O)(=O)Cl)ccc2c1C. The van der Waals surface area contributed by atoms with E-state index in [1.807, 2.05) is 19.9 Å². The zero-order valence-electron chi connectivity index (χ0n) is 8.24. The number of aryl methyl sites for hydroxylation is 2. The molecule has 0 aliphatic carbocycles. The van der Waals surface area contributed by atoms with Crippen molar-refractivity contribution < 1.29 is 8.42 Å². The summed E-state index contributed by atoms with van der Waals surface area (Å²) in [4.78, 5) is 1.37. The Balaban J connectivity index is 2.78. The molecule has 5 heteroatoms. The highest BCUT2D eigenvalue weighted by Gasteiger charge is 2.12. The Morgan fingerprint density at radius 2 is 1.93 bits per heavy atom. The van der Waals surface area contributed by atoms with Crippen molar-refractivity contribution >= 4 is 41.2 Å². The van der Waals surface area contributed by atoms with Crippen molar-refractivity contribution in [2.75, 3.05) is 0 Å². The molecule has 0 radical (unpaired) electrons. The quantitative estimate of drug-likeness (QED) is 0.736. The summed E-state index contributed by atoms with van der Waals surface area (Å²) in [6.07, 6.45) is 0. The Hall–Kier alpha value is -0.580. The summed E-state index contributed by atoms with van der Waals surface area (Å²) in [5.74, 6) is 0. The van der Waals surface area contributed by atoms with E-state index in [4.69, 9.17) is 10.7 Å². The molecule has 80 valence electrons. The number of halogens is 1. The van der Waals surface area contributed by atoms with Crippen LogP contribution < -0.4 is 0 Å². The fourth-order valence-electron chi connectivity index (χ4n) is 1.48. The molecule has 0 unspecified atom stereocenters. The second-order valence-corrected chi connectivity index (χ2v) is 7.20. The molecule has 0 aliphatic heterocycles. The summed E-state index contributed by atoms with van der Waals surface area (Å²) >= 11 is 1.59. The van der Waals surface area contributed by atoms with Gasteiger partial charge in [0.2, 0.25) is 0 Å². The van der Waals surface area contributed by atoms with Gasteiger partial charge in [0.1, 0.15) is 0 Å². The first kappa shape index (κ1) is 10.9. The van der Waals surface area contributed by atoms with Crippen LogP contribution in [0.15, 0.2) is 23.1 Å². The second-order valence-electron chi connectivity index (χ2n) is 3.38. The number of rotatable bonds is 1. The van der Waals surface area contributed by atoms with Crippen molar-refractivity contribution in [1.82, 2.24) is 0 Å². The van der Waals surface area contributed by atoms with Gasteiger partial charge in [0.25, 0.3) is 9.05 Å². The van der Waals surface area contributed by atoms with Crippen molar-refractivity contribution in [3.63, 3.8) is 0 Å². The molecule has 0 spiro atoms. The van der Waals surface area contributed by atoms with Gasteiger partial charge >= 0.3 is 0 Å². The van der Waals surface area contributed by atoms with Gasteiger partial charge in [-0.2, -0.15) is 0 Å². The Labute approximate surface area is 96.9 Å². The lowest BCUT2D eigenvalue weighted by atomic mass is 10.2. The molecule has 2 rings (SSSR count). The maximum absolute atomic E-state index is 11.1. The van der Waals surface area contributed by atoms with Crippen LogP contribution in [0.5, 0.6) is 0 Å². The minimum atomic E-state index is -3.62. The Morgan fingerprint density at radius 1 is 1.27 bits per heavy atom. The third-order valence-corrected chi connectivity index (χ3v) is 4.95. The molecule has 0 N–H and O–H groups in total. The molecule has 1 aromatic heterocycles. The second kappa shape index (κ2) is 3.47. The Morgan fingerprint density at radius 3 is 2.53 bits per heavy atom. The molecular formula is C10H9ClO2S2. The minimum absolute atomic E-state index is 0.165. The summed E-state index contributed by atoms with van der Waals surface area (Å²) < 4.78 is 23.2. The summed E-state index contributed by atoms with van der Waals surface area (Å²) in [6.45, 7) is 4.05. The lowest BCUT2D eigenvalue weighted by Gasteiger charge is -1.96. The van der Waals surface area contributed by atoms with Gasteiger partial charge in [-0.05, 0) is 36.9 Å². The predicted molar refractivity (Wildman–Crippen MR) is 64.3 cm³/mol. The molecule has 0 atom stereocenters. The topological polar surface area (TPSA) is 34.1 Å². The first-order valence-electron chi connectivity index (χ1n) is 4.34. The standard InChI is InChI=1S/C10H9ClO2S2/c1-6-7(2)14-10-5-8(15(11,12)13)3-4-9(6)10/h3-5H,1-2H3. The van der Waals surface area contributed by atoms with Crippen molar-refractivity contribution in [2.45, 2.75) is 18.7 Å². The van der Waals surface area contributed by atoms with Crippen LogP contribution in [0.3, 0.4) is 0 Å². The summed E-state index contributed by atoms with van der Waals surface area (Å²) in [7, 11) is 1.66. The molecule has 0 amide bonds. The monoisotopic (exact) mass is 260 g/mol. The van der Waals surface area contributed by atoms with Crippen LogP contribution in [-0.4, -0.2) is 8.42 Å². The van der Waals surface area contributed by atoms with E-state index in [-0.39, 0.29) is 4.90 Å². The first-order chi connectivity index (χ1) is 6.89. The molecule has 1 heterocycles. The van der Waals surface area contributed by atoms with Crippen LogP contribution in [0.2, 0.25) is 0 Å². The molecule has 0 saturated heterocycles. The van der Waals surface area contributed by atoms with E-state index in [2.05, 4.69) is 0 Å². The highest BCUT2D eigenvalue weighted by molar-refractivity contribution is 8.13. The largest absolute Gasteiger partial charge is 0.261 e. The number of hydrogen-bond acceptors (Lipinski definition) is 3. The van der Waals surface area contributed by atoms with Crippen molar-refractivity contribution in [1.29, 1.82) is 0 Å². The first-order valence-corrected chi connectivity index (χ1v) is 7.46. The predicted octanol–water partition coefficient (Wildman–Crippen LogP) is 3.45. The van der Waals surface area contributed by atoms with E-state index in [9.17, 15) is 8.42 Å². The maximum Gasteiger partial charge on any atom is 0.261 e. The maximum atomic E-state index is 11.1. The zero-order valence-corrected chi connectivity index (χ0v) is 10.6. The van der Waals surface area contributed by atoms with E-state index >= 15 is 0 Å². The lowest BCUT2D eigenvalue weighted by molar-refractivity contribution is 0.609. The summed E-state index contributed by atoms with van der Waals surface area (Å²) in [5.41, 5.74) is 1.20. The van der Waals surface area contributed by atoms with Gasteiger partial charge in [0, 0.05) is 20.3 Å². The number of thiophene rings is 1. The number of benzene rings is 1. The van der Waals surface area contributed by atoms with Gasteiger partial charge in [-0.15, -0.1) is 11.3 Å². The van der Waals surface area contributed by atoms with E-state index < -0.39 is 9.05 Å². The van der Waals surface area contributed by atoms with Crippen molar-refractivity contribution in [3.8, 4) is 0 Å². The van der Waals surface area contributed by atoms with Gasteiger partial charge in [-0.1, -0.05) is 6.07 Å². The van der Waals surface area contributed by atoms with E-state index in [0.717, 1.165) is 10.1 Å². The zero-order chi connectivity index (χ0) is 11.2. The minimum Gasteiger partial charge on any atom is -0.207 e. The molecule has 0 saturated carbocycles. The van der Waals surface area contributed by atoms with Gasteiger partial charge in [0.15, 0.2) is 0 Å². The van der Waals surface area contributed by atoms with Crippen molar-refractivity contribution in [3.05, 3.63) is 28.6 Å². The summed E-state index contributed by atoms with van der Waals surface area (Å²) in [6, 6.07) is 4.98. The van der Waals surface area contributed by atoms with Gasteiger partial charge in [-0.25, -0.2) is 8.42 Å². The van der Waals surface area contributed by atoms with E-state index in [0.29, 0.717) is 0 Å². The molecule has 2 aromatic rings. The molecule has 1 aromatic carbocycles. The Bertz CT molecular complexity index is 626. The Kier molecular flexibility index (Phi) is 2.53. The van der Waals surface area contributed by atoms with Crippen LogP contribution in [0.1, 0.15) is 10.4 Å². The normalized spacial score (nSPS) is 12.2. The lowest BCUT2D eigenvalue weighted by Crippen LogP contribution is -1.88. The molecular weight excluding hydrogens is 252 g/mol. The third kappa shape index (κ3) is 1.89. The van der Waals surface area contributed by atoms with Crippen molar-refractivity contribution in [2.24, 2.45) is 0 Å². The van der Waals surface area contributed by atoms with E-state index in [1.165, 1.54) is 10.4 Å². The van der Waals surface area contributed by atoms with Crippen LogP contribution in [0.4, 0.5) is 0 Å². The van der Waals surface area contributed by atoms with Gasteiger partial charge < -0.3 is 0 Å². The average molecular weight is 261 g/mol. The molecule has 15 heavy (non-hydrogen) atoms. The average Bonchev–Trinajstić information content (AvgIpc) is 2.41. The van der Waals surface area contributed by atoms with Gasteiger partial charge in [-0.3, -0.25) is 0 Å². The molecule has 2 nitrogen and oxygen atoms in total. The highest BCUT2D eigenvalue weighted by atomic mass is 35.7. The molecule has 0 bridgehead atoms. The fraction of sp³-hybridized carbons (Fsp3) is 0.200. The van der Waals surface area contributed by atoms with E-state index in [1.54, 1.807) is 23.5 Å². The number of fused-ring (bicyclic) bond motifs is 1. The molecule has 0 fully saturated rings. The third-order valence-electron chi connectivity index (χ3n) is 2.43.